The van der Waals surface area contributed by atoms with Crippen LogP contribution in [0.25, 0.3) is 0 Å². The normalized spacial score (nSPS) is 12.2. The summed E-state index contributed by atoms with van der Waals surface area (Å²) in [6.45, 7) is 0.847. The van der Waals surface area contributed by atoms with Crippen LogP contribution in [-0.2, 0) is 10.2 Å². The van der Waals surface area contributed by atoms with Gasteiger partial charge in [-0.05, 0) is 31.3 Å². The highest BCUT2D eigenvalue weighted by Gasteiger charge is 2.15. The third kappa shape index (κ3) is 9.16. The number of aliphatic hydroxyl groups is 1. The molecule has 0 aromatic carbocycles. The van der Waals surface area contributed by atoms with Crippen LogP contribution < -0.4 is 4.72 Å². The Kier molecular flexibility index (Phi) is 11.2. The Morgan fingerprint density at radius 2 is 1.83 bits per heavy atom. The first-order chi connectivity index (χ1) is 8.54. The molecule has 7 heteroatoms. The van der Waals surface area contributed by atoms with Crippen LogP contribution in [0.4, 0.5) is 0 Å². The van der Waals surface area contributed by atoms with E-state index in [1.54, 1.807) is 0 Å². The maximum Gasteiger partial charge on any atom is 0.279 e. The van der Waals surface area contributed by atoms with Crippen molar-refractivity contribution in [3.63, 3.8) is 0 Å². The van der Waals surface area contributed by atoms with E-state index in [1.807, 2.05) is 11.8 Å². The minimum atomic E-state index is -3.36. The van der Waals surface area contributed by atoms with E-state index in [4.69, 9.17) is 5.11 Å². The first kappa shape index (κ1) is 18.2. The van der Waals surface area contributed by atoms with Gasteiger partial charge in [0.25, 0.3) is 10.2 Å². The number of unbranched alkanes of at least 4 members (excludes halogenated alkanes) is 3. The molecule has 5 nitrogen and oxygen atoms in total. The molecule has 110 valence electrons. The van der Waals surface area contributed by atoms with E-state index in [0.29, 0.717) is 19.5 Å². The molecule has 18 heavy (non-hydrogen) atoms. The molecule has 0 aliphatic carbocycles. The van der Waals surface area contributed by atoms with Gasteiger partial charge < -0.3 is 5.11 Å². The lowest BCUT2D eigenvalue weighted by Crippen LogP contribution is -2.39. The Hall–Kier alpha value is 0.180. The summed E-state index contributed by atoms with van der Waals surface area (Å²) in [6.07, 6.45) is 6.85. The predicted molar refractivity (Wildman–Crippen MR) is 78.1 cm³/mol. The lowest BCUT2D eigenvalue weighted by Gasteiger charge is -2.17. The molecule has 0 atom stereocenters. The molecule has 0 fully saturated rings. The summed E-state index contributed by atoms with van der Waals surface area (Å²) in [6, 6.07) is 0. The first-order valence-corrected chi connectivity index (χ1v) is 9.18. The quantitative estimate of drug-likeness (QED) is 0.529. The van der Waals surface area contributed by atoms with Crippen LogP contribution in [0.2, 0.25) is 0 Å². The first-order valence-electron chi connectivity index (χ1n) is 6.35. The molecule has 0 heterocycles. The van der Waals surface area contributed by atoms with Crippen LogP contribution >= 0.6 is 11.8 Å². The second-order valence-corrected chi connectivity index (χ2v) is 7.05. The zero-order chi connectivity index (χ0) is 13.9. The SMILES string of the molecule is CSCCCCCCNS(=O)(=O)N(C)CCCO. The Labute approximate surface area is 116 Å². The molecule has 0 aliphatic heterocycles. The molecule has 0 aliphatic rings. The van der Waals surface area contributed by atoms with E-state index in [2.05, 4.69) is 11.0 Å². The summed E-state index contributed by atoms with van der Waals surface area (Å²) < 4.78 is 27.2. The Bertz CT molecular complexity index is 284. The highest BCUT2D eigenvalue weighted by atomic mass is 32.2. The zero-order valence-corrected chi connectivity index (χ0v) is 13.0. The van der Waals surface area contributed by atoms with Crippen molar-refractivity contribution in [2.45, 2.75) is 32.1 Å². The molecule has 0 amide bonds. The number of rotatable bonds is 12. The molecule has 0 aromatic heterocycles. The number of aliphatic hydroxyl groups excluding tert-OH is 1. The lowest BCUT2D eigenvalue weighted by atomic mass is 10.2. The van der Waals surface area contributed by atoms with E-state index in [1.165, 1.54) is 23.5 Å². The lowest BCUT2D eigenvalue weighted by molar-refractivity contribution is 0.275. The van der Waals surface area contributed by atoms with Crippen LogP contribution in [0, 0.1) is 0 Å². The maximum absolute atomic E-state index is 11.7. The minimum Gasteiger partial charge on any atom is -0.396 e. The average Bonchev–Trinajstić information content (AvgIpc) is 2.34. The van der Waals surface area contributed by atoms with Crippen molar-refractivity contribution in [3.05, 3.63) is 0 Å². The molecule has 0 radical (unpaired) electrons. The summed E-state index contributed by atoms with van der Waals surface area (Å²) >= 11 is 1.84. The van der Waals surface area contributed by atoms with Crippen LogP contribution in [0.3, 0.4) is 0 Å². The van der Waals surface area contributed by atoms with Gasteiger partial charge >= 0.3 is 0 Å². The third-order valence-corrected chi connectivity index (χ3v) is 4.87. The van der Waals surface area contributed by atoms with E-state index in [0.717, 1.165) is 19.3 Å². The van der Waals surface area contributed by atoms with Crippen molar-refractivity contribution in [1.29, 1.82) is 0 Å². The minimum absolute atomic E-state index is 0.00923. The summed E-state index contributed by atoms with van der Waals surface area (Å²) in [5.41, 5.74) is 0. The standard InChI is InChI=1S/C11H26N2O3S2/c1-13(9-7-10-14)18(15,16)12-8-5-3-4-6-11-17-2/h12,14H,3-11H2,1-2H3. The van der Waals surface area contributed by atoms with Gasteiger partial charge in [0.2, 0.25) is 0 Å². The van der Waals surface area contributed by atoms with Gasteiger partial charge in [-0.2, -0.15) is 24.5 Å². The number of nitrogens with zero attached hydrogens (tertiary/aromatic N) is 1. The number of hydrogen-bond acceptors (Lipinski definition) is 4. The fraction of sp³-hybridized carbons (Fsp3) is 1.00. The van der Waals surface area contributed by atoms with Gasteiger partial charge in [-0.1, -0.05) is 12.8 Å². The zero-order valence-electron chi connectivity index (χ0n) is 11.4. The van der Waals surface area contributed by atoms with Crippen LogP contribution in [0.1, 0.15) is 32.1 Å². The monoisotopic (exact) mass is 298 g/mol. The smallest absolute Gasteiger partial charge is 0.279 e. The number of nitrogens with one attached hydrogen (secondary N) is 1. The molecule has 0 rings (SSSR count). The van der Waals surface area contributed by atoms with Crippen molar-refractivity contribution in [2.24, 2.45) is 0 Å². The third-order valence-electron chi connectivity index (χ3n) is 2.60. The van der Waals surface area contributed by atoms with Gasteiger partial charge in [0, 0.05) is 26.7 Å². The summed E-state index contributed by atoms with van der Waals surface area (Å²) in [5.74, 6) is 1.18. The van der Waals surface area contributed by atoms with Crippen LogP contribution in [0.15, 0.2) is 0 Å². The van der Waals surface area contributed by atoms with Crippen LogP contribution in [0.5, 0.6) is 0 Å². The summed E-state index contributed by atoms with van der Waals surface area (Å²) in [5, 5.41) is 8.65. The topological polar surface area (TPSA) is 69.6 Å². The van der Waals surface area contributed by atoms with Gasteiger partial charge in [0.15, 0.2) is 0 Å². The van der Waals surface area contributed by atoms with Crippen molar-refractivity contribution in [1.82, 2.24) is 9.03 Å². The Balaban J connectivity index is 3.64. The average molecular weight is 298 g/mol. The summed E-state index contributed by atoms with van der Waals surface area (Å²) in [7, 11) is -1.84. The summed E-state index contributed by atoms with van der Waals surface area (Å²) in [4.78, 5) is 0. The Morgan fingerprint density at radius 3 is 2.44 bits per heavy atom. The highest BCUT2D eigenvalue weighted by Crippen LogP contribution is 2.04. The van der Waals surface area contributed by atoms with Crippen molar-refractivity contribution in [3.8, 4) is 0 Å². The van der Waals surface area contributed by atoms with Crippen molar-refractivity contribution < 1.29 is 13.5 Å². The molecular weight excluding hydrogens is 272 g/mol. The molecular formula is C11H26N2O3S2. The molecule has 0 aromatic rings. The van der Waals surface area contributed by atoms with Crippen molar-refractivity contribution in [2.75, 3.05) is 38.8 Å². The molecule has 0 spiro atoms. The van der Waals surface area contributed by atoms with Crippen LogP contribution in [-0.4, -0.2) is 56.6 Å². The van der Waals surface area contributed by atoms with E-state index in [-0.39, 0.29) is 6.61 Å². The molecule has 0 bridgehead atoms. The predicted octanol–water partition coefficient (Wildman–Crippen LogP) is 1.06. The van der Waals surface area contributed by atoms with Gasteiger partial charge in [-0.3, -0.25) is 0 Å². The molecule has 0 unspecified atom stereocenters. The highest BCUT2D eigenvalue weighted by molar-refractivity contribution is 7.98. The van der Waals surface area contributed by atoms with Gasteiger partial charge in [-0.15, -0.1) is 0 Å². The van der Waals surface area contributed by atoms with Gasteiger partial charge in [0.05, 0.1) is 0 Å². The van der Waals surface area contributed by atoms with E-state index in [9.17, 15) is 8.42 Å². The fourth-order valence-corrected chi connectivity index (χ4v) is 2.93. The van der Waals surface area contributed by atoms with E-state index < -0.39 is 10.2 Å². The van der Waals surface area contributed by atoms with Crippen molar-refractivity contribution >= 4 is 22.0 Å². The fourth-order valence-electron chi connectivity index (χ4n) is 1.45. The number of hydrogen-bond donors (Lipinski definition) is 2. The number of thioether (sulfide) groups is 1. The second kappa shape index (κ2) is 11.0. The van der Waals surface area contributed by atoms with Gasteiger partial charge in [-0.25, -0.2) is 4.72 Å². The molecule has 0 saturated heterocycles. The molecule has 0 saturated carbocycles. The van der Waals surface area contributed by atoms with Gasteiger partial charge in [0.1, 0.15) is 0 Å². The maximum atomic E-state index is 11.7. The molecule has 2 N–H and O–H groups in total. The Morgan fingerprint density at radius 1 is 1.17 bits per heavy atom. The largest absolute Gasteiger partial charge is 0.396 e. The second-order valence-electron chi connectivity index (χ2n) is 4.21. The van der Waals surface area contributed by atoms with E-state index >= 15 is 0 Å².